The quantitative estimate of drug-likeness (QED) is 0.927. The molecule has 0 radical (unpaired) electrons. The van der Waals surface area contributed by atoms with E-state index < -0.39 is 5.97 Å². The zero-order chi connectivity index (χ0) is 13.3. The van der Waals surface area contributed by atoms with Crippen LogP contribution in [-0.2, 0) is 13.5 Å². The van der Waals surface area contributed by atoms with Gasteiger partial charge in [-0.25, -0.2) is 4.79 Å². The number of hydrogen-bond acceptors (Lipinski definition) is 2. The van der Waals surface area contributed by atoms with Crippen LogP contribution in [0, 0.1) is 6.92 Å². The van der Waals surface area contributed by atoms with Crippen molar-refractivity contribution in [2.24, 2.45) is 7.05 Å². The summed E-state index contributed by atoms with van der Waals surface area (Å²) >= 11 is 5.91. The lowest BCUT2D eigenvalue weighted by Crippen LogP contribution is -2.03. The van der Waals surface area contributed by atoms with E-state index in [1.54, 1.807) is 24.7 Å². The van der Waals surface area contributed by atoms with E-state index in [9.17, 15) is 9.90 Å². The van der Waals surface area contributed by atoms with Gasteiger partial charge >= 0.3 is 5.97 Å². The van der Waals surface area contributed by atoms with Gasteiger partial charge in [-0.15, -0.1) is 0 Å². The largest absolute Gasteiger partial charge is 0.478 e. The molecule has 0 spiro atoms. The summed E-state index contributed by atoms with van der Waals surface area (Å²) in [7, 11) is 1.74. The summed E-state index contributed by atoms with van der Waals surface area (Å²) in [6.45, 7) is 1.75. The van der Waals surface area contributed by atoms with Gasteiger partial charge < -0.3 is 5.11 Å². The van der Waals surface area contributed by atoms with E-state index in [4.69, 9.17) is 11.6 Å². The van der Waals surface area contributed by atoms with E-state index in [-0.39, 0.29) is 5.56 Å². The maximum absolute atomic E-state index is 11.2. The van der Waals surface area contributed by atoms with E-state index in [0.29, 0.717) is 22.8 Å². The molecule has 1 N–H and O–H groups in total. The fraction of sp³-hybridized carbons (Fsp3) is 0.231. The van der Waals surface area contributed by atoms with Crippen LogP contribution in [0.4, 0.5) is 0 Å². The number of hydrogen-bond donors (Lipinski definition) is 1. The minimum absolute atomic E-state index is 0.275. The number of benzene rings is 1. The van der Waals surface area contributed by atoms with Crippen LogP contribution in [0.25, 0.3) is 0 Å². The van der Waals surface area contributed by atoms with Crippen molar-refractivity contribution in [2.45, 2.75) is 13.3 Å². The maximum Gasteiger partial charge on any atom is 0.339 e. The molecule has 5 heteroatoms. The average molecular weight is 265 g/mol. The molecule has 0 aliphatic rings. The molecule has 18 heavy (non-hydrogen) atoms. The Morgan fingerprint density at radius 2 is 2.22 bits per heavy atom. The van der Waals surface area contributed by atoms with Crippen LogP contribution in [0.5, 0.6) is 0 Å². The number of aryl methyl sites for hydroxylation is 1. The van der Waals surface area contributed by atoms with Gasteiger partial charge in [-0.05, 0) is 24.6 Å². The fourth-order valence-corrected chi connectivity index (χ4v) is 2.13. The van der Waals surface area contributed by atoms with Gasteiger partial charge in [-0.2, -0.15) is 5.10 Å². The molecule has 2 aromatic rings. The first-order valence-corrected chi connectivity index (χ1v) is 5.87. The Labute approximate surface area is 110 Å². The number of carboxylic acids is 1. The summed E-state index contributed by atoms with van der Waals surface area (Å²) in [6, 6.07) is 7.35. The van der Waals surface area contributed by atoms with Gasteiger partial charge in [0, 0.05) is 24.2 Å². The molecule has 0 aliphatic heterocycles. The van der Waals surface area contributed by atoms with Gasteiger partial charge in [0.25, 0.3) is 0 Å². The van der Waals surface area contributed by atoms with Crippen LogP contribution in [0.1, 0.15) is 27.3 Å². The third kappa shape index (κ3) is 2.38. The van der Waals surface area contributed by atoms with Crippen molar-refractivity contribution in [3.05, 3.63) is 51.8 Å². The standard InChI is InChI=1S/C13H13ClN2O2/c1-8-12(13(17)18)11(15-16(8)2)7-9-4-3-5-10(14)6-9/h3-6H,7H2,1-2H3,(H,17,18). The van der Waals surface area contributed by atoms with Crippen LogP contribution in [0.3, 0.4) is 0 Å². The second kappa shape index (κ2) is 4.82. The first-order chi connectivity index (χ1) is 8.49. The average Bonchev–Trinajstić information content (AvgIpc) is 2.54. The van der Waals surface area contributed by atoms with Gasteiger partial charge in [0.05, 0.1) is 5.69 Å². The lowest BCUT2D eigenvalue weighted by molar-refractivity contribution is 0.0695. The predicted octanol–water partition coefficient (Wildman–Crippen LogP) is 2.67. The van der Waals surface area contributed by atoms with Crippen LogP contribution in [-0.4, -0.2) is 20.9 Å². The summed E-state index contributed by atoms with van der Waals surface area (Å²) < 4.78 is 1.59. The van der Waals surface area contributed by atoms with E-state index in [1.807, 2.05) is 18.2 Å². The van der Waals surface area contributed by atoms with Crippen LogP contribution < -0.4 is 0 Å². The molecular formula is C13H13ClN2O2. The Kier molecular flexibility index (Phi) is 3.39. The summed E-state index contributed by atoms with van der Waals surface area (Å²) in [6.07, 6.45) is 0.462. The van der Waals surface area contributed by atoms with Crippen molar-refractivity contribution in [3.8, 4) is 0 Å². The predicted molar refractivity (Wildman–Crippen MR) is 69.2 cm³/mol. The van der Waals surface area contributed by atoms with Gasteiger partial charge in [0.15, 0.2) is 0 Å². The number of rotatable bonds is 3. The Balaban J connectivity index is 2.40. The normalized spacial score (nSPS) is 10.6. The zero-order valence-corrected chi connectivity index (χ0v) is 10.9. The zero-order valence-electron chi connectivity index (χ0n) is 10.1. The van der Waals surface area contributed by atoms with Gasteiger partial charge in [-0.3, -0.25) is 4.68 Å². The molecule has 2 rings (SSSR count). The Bertz CT molecular complexity index is 605. The smallest absolute Gasteiger partial charge is 0.339 e. The van der Waals surface area contributed by atoms with Crippen molar-refractivity contribution >= 4 is 17.6 Å². The third-order valence-electron chi connectivity index (χ3n) is 2.88. The van der Waals surface area contributed by atoms with Crippen LogP contribution in [0.15, 0.2) is 24.3 Å². The molecule has 0 fully saturated rings. The Morgan fingerprint density at radius 1 is 1.50 bits per heavy atom. The first kappa shape index (κ1) is 12.6. The lowest BCUT2D eigenvalue weighted by Gasteiger charge is -2.00. The van der Waals surface area contributed by atoms with E-state index in [1.165, 1.54) is 0 Å². The molecule has 0 bridgehead atoms. The number of carboxylic acid groups (broad SMARTS) is 1. The molecule has 0 amide bonds. The second-order valence-electron chi connectivity index (χ2n) is 4.14. The highest BCUT2D eigenvalue weighted by atomic mass is 35.5. The van der Waals surface area contributed by atoms with Crippen molar-refractivity contribution in [1.29, 1.82) is 0 Å². The molecule has 0 aliphatic carbocycles. The highest BCUT2D eigenvalue weighted by molar-refractivity contribution is 6.30. The minimum atomic E-state index is -0.947. The Morgan fingerprint density at radius 3 is 2.83 bits per heavy atom. The third-order valence-corrected chi connectivity index (χ3v) is 3.12. The summed E-state index contributed by atoms with van der Waals surface area (Å²) in [4.78, 5) is 11.2. The number of aromatic nitrogens is 2. The van der Waals surface area contributed by atoms with Gasteiger partial charge in [-0.1, -0.05) is 23.7 Å². The number of nitrogens with zero attached hydrogens (tertiary/aromatic N) is 2. The summed E-state index contributed by atoms with van der Waals surface area (Å²) in [5.41, 5.74) is 2.44. The maximum atomic E-state index is 11.2. The minimum Gasteiger partial charge on any atom is -0.478 e. The fourth-order valence-electron chi connectivity index (χ4n) is 1.92. The highest BCUT2D eigenvalue weighted by Crippen LogP contribution is 2.19. The highest BCUT2D eigenvalue weighted by Gasteiger charge is 2.19. The topological polar surface area (TPSA) is 55.1 Å². The molecule has 0 atom stereocenters. The van der Waals surface area contributed by atoms with E-state index >= 15 is 0 Å². The van der Waals surface area contributed by atoms with E-state index in [2.05, 4.69) is 5.10 Å². The van der Waals surface area contributed by atoms with Gasteiger partial charge in [0.2, 0.25) is 0 Å². The number of aromatic carboxylic acids is 1. The molecular weight excluding hydrogens is 252 g/mol. The summed E-state index contributed by atoms with van der Waals surface area (Å²) in [5.74, 6) is -0.947. The van der Waals surface area contributed by atoms with Gasteiger partial charge in [0.1, 0.15) is 5.56 Å². The van der Waals surface area contributed by atoms with Crippen LogP contribution in [0.2, 0.25) is 5.02 Å². The lowest BCUT2D eigenvalue weighted by atomic mass is 10.1. The number of carbonyl (C=O) groups is 1. The van der Waals surface area contributed by atoms with Crippen molar-refractivity contribution in [1.82, 2.24) is 9.78 Å². The number of halogens is 1. The Hall–Kier alpha value is -1.81. The second-order valence-corrected chi connectivity index (χ2v) is 4.58. The monoisotopic (exact) mass is 264 g/mol. The van der Waals surface area contributed by atoms with Crippen molar-refractivity contribution in [2.75, 3.05) is 0 Å². The molecule has 1 aromatic carbocycles. The summed E-state index contributed by atoms with van der Waals surface area (Å²) in [5, 5.41) is 14.1. The molecule has 0 saturated heterocycles. The first-order valence-electron chi connectivity index (χ1n) is 5.49. The van der Waals surface area contributed by atoms with Crippen molar-refractivity contribution < 1.29 is 9.90 Å². The molecule has 0 saturated carbocycles. The van der Waals surface area contributed by atoms with Crippen molar-refractivity contribution in [3.63, 3.8) is 0 Å². The van der Waals surface area contributed by atoms with Crippen LogP contribution >= 0.6 is 11.6 Å². The molecule has 1 heterocycles. The molecule has 0 unspecified atom stereocenters. The molecule has 94 valence electrons. The molecule has 4 nitrogen and oxygen atoms in total. The SMILES string of the molecule is Cc1c(C(=O)O)c(Cc2cccc(Cl)c2)nn1C. The molecule has 1 aromatic heterocycles. The van der Waals surface area contributed by atoms with E-state index in [0.717, 1.165) is 5.56 Å².